The Morgan fingerprint density at radius 3 is 1.03 bits per heavy atom. The van der Waals surface area contributed by atoms with Crippen molar-refractivity contribution in [2.45, 2.75) is 0 Å². The Balaban J connectivity index is -0.00000272. The second-order valence-corrected chi connectivity index (χ2v) is 6.38. The van der Waals surface area contributed by atoms with Crippen molar-refractivity contribution >= 4 is 46.6 Å². The molecule has 0 heterocycles. The summed E-state index contributed by atoms with van der Waals surface area (Å²) in [7, 11) is 0. The van der Waals surface area contributed by atoms with Gasteiger partial charge in [0, 0.05) is 0 Å². The molecular weight excluding hydrogens is 581 g/mol. The zero-order valence-corrected chi connectivity index (χ0v) is 33.0. The van der Waals surface area contributed by atoms with Crippen molar-refractivity contribution in [2.75, 3.05) is 36.0 Å². The van der Waals surface area contributed by atoms with Gasteiger partial charge in [-0.3, -0.25) is 0 Å². The number of carbonyl (C=O) groups is 4. The molecule has 0 saturated carbocycles. The number of hydrogen-bond acceptors (Lipinski definition) is 12. The molecule has 0 aliphatic heterocycles. The third-order valence-electron chi connectivity index (χ3n) is 3.99. The monoisotopic (exact) mass is 596 g/mol. The van der Waals surface area contributed by atoms with E-state index in [2.05, 4.69) is 10.2 Å². The number of carboxylic acids is 4. The van der Waals surface area contributed by atoms with Crippen LogP contribution in [0.2, 0.25) is 0 Å². The van der Waals surface area contributed by atoms with Gasteiger partial charge in [-0.15, -0.1) is 10.2 Å². The average Bonchev–Trinajstić information content (AvgIpc) is 2.70. The first-order chi connectivity index (χ1) is 15.2. The first-order valence-corrected chi connectivity index (χ1v) is 9.06. The van der Waals surface area contributed by atoms with Crippen molar-refractivity contribution in [3.05, 3.63) is 48.5 Å². The Morgan fingerprint density at radius 2 is 0.778 bits per heavy atom. The number of aliphatic carboxylic acids is 4. The second-order valence-electron chi connectivity index (χ2n) is 6.38. The van der Waals surface area contributed by atoms with E-state index in [1.165, 1.54) is 36.4 Å². The molecule has 0 bridgehead atoms. The Hall–Kier alpha value is 2.07. The molecule has 0 saturated heterocycles. The summed E-state index contributed by atoms with van der Waals surface area (Å²) in [5.74, 6) is -6.10. The van der Waals surface area contributed by atoms with Gasteiger partial charge in [-0.05, 0) is 24.3 Å². The van der Waals surface area contributed by atoms with E-state index in [4.69, 9.17) is 0 Å². The molecule has 36 heavy (non-hydrogen) atoms. The fourth-order valence-corrected chi connectivity index (χ4v) is 2.82. The van der Waals surface area contributed by atoms with Gasteiger partial charge in [0.05, 0.1) is 61.4 Å². The van der Waals surface area contributed by atoms with Crippen molar-refractivity contribution in [2.24, 2.45) is 10.2 Å². The van der Waals surface area contributed by atoms with Gasteiger partial charge < -0.3 is 49.4 Å². The summed E-state index contributed by atoms with van der Waals surface area (Å²) in [6.07, 6.45) is 0. The van der Waals surface area contributed by atoms with Crippen LogP contribution in [0.3, 0.4) is 0 Å². The van der Waals surface area contributed by atoms with E-state index in [1.807, 2.05) is 0 Å². The van der Waals surface area contributed by atoms with Gasteiger partial charge in [0.15, 0.2) is 0 Å². The standard InChI is InChI=1S/C20H20N4O8.4K/c25-17(26)9-23(10-18(27)28)15-7-3-1-5-13(15)21-22-14-6-2-4-8-16(14)24(11-19(29)30)12-20(31)32;;;;/h1-8H,9-12H2,(H,25,26)(H,27,28)(H,29,30)(H,31,32);;;;/q;4*+1/p-4. The molecule has 0 aliphatic carbocycles. The molecule has 0 aliphatic rings. The smallest absolute Gasteiger partial charge is 0.548 e. The topological polar surface area (TPSA) is 192 Å². The van der Waals surface area contributed by atoms with Crippen molar-refractivity contribution in [3.63, 3.8) is 0 Å². The molecule has 0 aromatic heterocycles. The summed E-state index contributed by atoms with van der Waals surface area (Å²) in [5.41, 5.74) is 0.416. The summed E-state index contributed by atoms with van der Waals surface area (Å²) in [4.78, 5) is 46.0. The molecule has 12 nitrogen and oxygen atoms in total. The Morgan fingerprint density at radius 1 is 0.528 bits per heavy atom. The number of rotatable bonds is 12. The number of anilines is 2. The molecule has 0 spiro atoms. The number of para-hydroxylation sites is 2. The van der Waals surface area contributed by atoms with Crippen molar-refractivity contribution in [1.82, 2.24) is 0 Å². The molecular formula is C20H16K4N4O8. The Kier molecular flexibility index (Phi) is 26.8. The van der Waals surface area contributed by atoms with Gasteiger partial charge in [0.25, 0.3) is 0 Å². The van der Waals surface area contributed by atoms with E-state index in [0.717, 1.165) is 9.80 Å². The minimum Gasteiger partial charge on any atom is -0.548 e. The SMILES string of the molecule is O=C([O-])CN(CC(=O)[O-])c1ccccc1N=Nc1ccccc1N(CC(=O)[O-])CC(=O)[O-].[K+].[K+].[K+].[K+]. The maximum atomic E-state index is 11.0. The van der Waals surface area contributed by atoms with Crippen LogP contribution in [0.15, 0.2) is 58.8 Å². The molecule has 0 atom stereocenters. The molecule has 0 unspecified atom stereocenters. The third-order valence-corrected chi connectivity index (χ3v) is 3.99. The molecule has 0 amide bonds. The second kappa shape index (κ2) is 22.7. The summed E-state index contributed by atoms with van der Waals surface area (Å²) in [6, 6.07) is 11.9. The number of carboxylic acid groups (broad SMARTS) is 4. The van der Waals surface area contributed by atoms with E-state index in [-0.39, 0.29) is 228 Å². The average molecular weight is 597 g/mol. The summed E-state index contributed by atoms with van der Waals surface area (Å²) >= 11 is 0. The number of nitrogens with zero attached hydrogens (tertiary/aromatic N) is 4. The molecule has 0 N–H and O–H groups in total. The van der Waals surface area contributed by atoms with Gasteiger partial charge >= 0.3 is 206 Å². The summed E-state index contributed by atoms with van der Waals surface area (Å²) in [5, 5.41) is 52.1. The van der Waals surface area contributed by atoms with Crippen LogP contribution >= 0.6 is 0 Å². The zero-order chi connectivity index (χ0) is 23.7. The summed E-state index contributed by atoms with van der Waals surface area (Å²) in [6.45, 7) is -2.99. The van der Waals surface area contributed by atoms with Crippen molar-refractivity contribution in [3.8, 4) is 0 Å². The maximum Gasteiger partial charge on any atom is 1.00 e. The molecule has 0 fully saturated rings. The number of benzene rings is 2. The normalized spacial score (nSPS) is 9.44. The van der Waals surface area contributed by atoms with Crippen LogP contribution in [0.25, 0.3) is 0 Å². The van der Waals surface area contributed by atoms with E-state index >= 15 is 0 Å². The molecule has 0 radical (unpaired) electrons. The fraction of sp³-hybridized carbons (Fsp3) is 0.200. The molecule has 2 rings (SSSR count). The number of carbonyl (C=O) groups excluding carboxylic acids is 4. The Labute approximate surface area is 377 Å². The van der Waals surface area contributed by atoms with Crippen LogP contribution in [0.1, 0.15) is 0 Å². The van der Waals surface area contributed by atoms with Crippen molar-refractivity contribution < 1.29 is 245 Å². The van der Waals surface area contributed by atoms with Gasteiger partial charge in [-0.25, -0.2) is 0 Å². The number of azo groups is 1. The minimum absolute atomic E-state index is 0. The molecule has 2 aromatic carbocycles. The van der Waals surface area contributed by atoms with Gasteiger partial charge in [-0.1, -0.05) is 24.3 Å². The van der Waals surface area contributed by atoms with Crippen LogP contribution in [-0.4, -0.2) is 50.1 Å². The van der Waals surface area contributed by atoms with Crippen LogP contribution in [-0.2, 0) is 19.2 Å². The van der Waals surface area contributed by atoms with E-state index < -0.39 is 50.1 Å². The largest absolute Gasteiger partial charge is 1.00 e. The predicted octanol–water partition coefficient (Wildman–Crippen LogP) is -15.3. The van der Waals surface area contributed by atoms with Crippen LogP contribution in [0.4, 0.5) is 22.7 Å². The van der Waals surface area contributed by atoms with Gasteiger partial charge in [-0.2, -0.15) is 0 Å². The first-order valence-electron chi connectivity index (χ1n) is 9.06. The minimum atomic E-state index is -1.52. The number of hydrogen-bond donors (Lipinski definition) is 0. The van der Waals surface area contributed by atoms with Crippen molar-refractivity contribution in [1.29, 1.82) is 0 Å². The summed E-state index contributed by atoms with van der Waals surface area (Å²) < 4.78 is 0. The quantitative estimate of drug-likeness (QED) is 0.168. The van der Waals surface area contributed by atoms with Crippen LogP contribution < -0.4 is 236 Å². The van der Waals surface area contributed by atoms with E-state index in [9.17, 15) is 39.6 Å². The van der Waals surface area contributed by atoms with Gasteiger partial charge in [0.1, 0.15) is 11.4 Å². The van der Waals surface area contributed by atoms with E-state index in [0.29, 0.717) is 0 Å². The predicted molar refractivity (Wildman–Crippen MR) is 102 cm³/mol. The third kappa shape index (κ3) is 15.7. The maximum absolute atomic E-state index is 11.0. The Bertz CT molecular complexity index is 944. The van der Waals surface area contributed by atoms with Crippen LogP contribution in [0, 0.1) is 0 Å². The van der Waals surface area contributed by atoms with Crippen LogP contribution in [0.5, 0.6) is 0 Å². The molecule has 16 heteroatoms. The molecule has 168 valence electrons. The first kappa shape index (κ1) is 42.5. The fourth-order valence-electron chi connectivity index (χ4n) is 2.82. The van der Waals surface area contributed by atoms with Gasteiger partial charge in [0.2, 0.25) is 0 Å². The zero-order valence-electron chi connectivity index (χ0n) is 20.5. The van der Waals surface area contributed by atoms with E-state index in [1.54, 1.807) is 12.1 Å². The molecule has 2 aromatic rings.